The summed E-state index contributed by atoms with van der Waals surface area (Å²) < 4.78 is 0. The van der Waals surface area contributed by atoms with Crippen molar-refractivity contribution in [3.63, 3.8) is 0 Å². The van der Waals surface area contributed by atoms with Gasteiger partial charge < -0.3 is 0 Å². The van der Waals surface area contributed by atoms with Crippen molar-refractivity contribution in [1.29, 1.82) is 0 Å². The van der Waals surface area contributed by atoms with Gasteiger partial charge in [0, 0.05) is 45.1 Å². The van der Waals surface area contributed by atoms with Crippen LogP contribution in [0.15, 0.2) is 48.5 Å². The summed E-state index contributed by atoms with van der Waals surface area (Å²) in [5.74, 6) is -0.678. The number of amides is 4. The number of benzene rings is 5. The minimum absolute atomic E-state index is 0.117. The summed E-state index contributed by atoms with van der Waals surface area (Å²) in [6.07, 6.45) is 37.1. The van der Waals surface area contributed by atoms with Crippen molar-refractivity contribution in [1.82, 2.24) is 9.80 Å². The normalized spacial score (nSPS) is 14.0. The zero-order valence-electron chi connectivity index (χ0n) is 42.9. The number of carbonyl (C=O) groups is 4. The molecule has 0 unspecified atom stereocenters. The number of nitrogens with zero attached hydrogens (tertiary/aromatic N) is 2. The molecule has 7 rings (SSSR count). The van der Waals surface area contributed by atoms with E-state index in [2.05, 4.69) is 52.0 Å². The van der Waals surface area contributed by atoms with Crippen molar-refractivity contribution in [2.75, 3.05) is 0 Å². The molecule has 5 aromatic carbocycles. The van der Waals surface area contributed by atoms with Crippen LogP contribution in [0.4, 0.5) is 0 Å². The number of hydrogen-bond donors (Lipinski definition) is 0. The maximum atomic E-state index is 14.8. The monoisotopic (exact) mass is 923 g/mol. The van der Waals surface area contributed by atoms with Gasteiger partial charge in [0.25, 0.3) is 23.6 Å². The van der Waals surface area contributed by atoms with Gasteiger partial charge >= 0.3 is 0 Å². The fourth-order valence-corrected chi connectivity index (χ4v) is 12.1. The van der Waals surface area contributed by atoms with Gasteiger partial charge in [0.2, 0.25) is 0 Å². The number of rotatable bonds is 34. The molecule has 0 radical (unpaired) electrons. The maximum absolute atomic E-state index is 14.8. The third-order valence-corrected chi connectivity index (χ3v) is 16.0. The highest BCUT2D eigenvalue weighted by Gasteiger charge is 2.40. The van der Waals surface area contributed by atoms with Gasteiger partial charge in [0.05, 0.1) is 0 Å². The molecule has 2 aliphatic heterocycles. The third-order valence-electron chi connectivity index (χ3n) is 16.0. The van der Waals surface area contributed by atoms with E-state index >= 15 is 0 Å². The zero-order chi connectivity index (χ0) is 47.8. The van der Waals surface area contributed by atoms with Crippen molar-refractivity contribution < 1.29 is 19.2 Å². The molecule has 0 atom stereocenters. The molecule has 2 aliphatic rings. The molecule has 0 aliphatic carbocycles. The lowest BCUT2D eigenvalue weighted by Crippen LogP contribution is -2.47. The summed E-state index contributed by atoms with van der Waals surface area (Å²) in [4.78, 5) is 62.6. The molecule has 6 heteroatoms. The molecule has 0 bridgehead atoms. The Kier molecular flexibility index (Phi) is 19.7. The SMILES string of the molecule is CCCCCCCCCC(CCCCCCCCC)N1C(=O)c2ccc3c4ccc5c6c(ccc(c7ccc(c2c37)C1=O)c64)C(=O)N(C(CCCCCCCCC)CCCCCCCCC)C5=O. The minimum Gasteiger partial charge on any atom is -0.271 e. The van der Waals surface area contributed by atoms with Crippen LogP contribution in [0.25, 0.3) is 43.1 Å². The van der Waals surface area contributed by atoms with E-state index in [1.165, 1.54) is 128 Å². The summed E-state index contributed by atoms with van der Waals surface area (Å²) in [5.41, 5.74) is 2.42. The third kappa shape index (κ3) is 11.6. The van der Waals surface area contributed by atoms with E-state index in [0.29, 0.717) is 22.3 Å². The zero-order valence-corrected chi connectivity index (χ0v) is 42.9. The molecule has 0 saturated carbocycles. The molecule has 6 nitrogen and oxygen atoms in total. The molecule has 0 N–H and O–H groups in total. The molecule has 68 heavy (non-hydrogen) atoms. The Morgan fingerprint density at radius 3 is 0.706 bits per heavy atom. The average molecular weight is 923 g/mol. The van der Waals surface area contributed by atoms with Gasteiger partial charge in [-0.2, -0.15) is 0 Å². The van der Waals surface area contributed by atoms with E-state index in [9.17, 15) is 19.2 Å². The van der Waals surface area contributed by atoms with Gasteiger partial charge in [-0.3, -0.25) is 29.0 Å². The number of unbranched alkanes of at least 4 members (excludes halogenated alkanes) is 24. The van der Waals surface area contributed by atoms with Crippen LogP contribution < -0.4 is 0 Å². The summed E-state index contributed by atoms with van der Waals surface area (Å²) in [7, 11) is 0. The van der Waals surface area contributed by atoms with Crippen molar-refractivity contribution >= 4 is 66.7 Å². The Labute approximate surface area is 410 Å². The van der Waals surface area contributed by atoms with Crippen molar-refractivity contribution in [3.8, 4) is 0 Å². The fourth-order valence-electron chi connectivity index (χ4n) is 12.1. The molecule has 0 aromatic heterocycles. The lowest BCUT2D eigenvalue weighted by Gasteiger charge is -2.35. The van der Waals surface area contributed by atoms with E-state index in [0.717, 1.165) is 120 Å². The van der Waals surface area contributed by atoms with Gasteiger partial charge in [-0.05, 0) is 82.3 Å². The number of hydrogen-bond acceptors (Lipinski definition) is 4. The predicted molar refractivity (Wildman–Crippen MR) is 287 cm³/mol. The topological polar surface area (TPSA) is 74.8 Å². The van der Waals surface area contributed by atoms with Gasteiger partial charge in [0.15, 0.2) is 0 Å². The smallest absolute Gasteiger partial charge is 0.261 e. The quantitative estimate of drug-likeness (QED) is 0.0178. The minimum atomic E-state index is -0.169. The first-order valence-corrected chi connectivity index (χ1v) is 28.3. The highest BCUT2D eigenvalue weighted by molar-refractivity contribution is 6.41. The highest BCUT2D eigenvalue weighted by atomic mass is 16.2. The van der Waals surface area contributed by atoms with Crippen LogP contribution in [0.1, 0.15) is 275 Å². The molecular weight excluding hydrogens is 837 g/mol. The average Bonchev–Trinajstić information content (AvgIpc) is 3.35. The lowest BCUT2D eigenvalue weighted by atomic mass is 9.81. The first-order valence-electron chi connectivity index (χ1n) is 28.3. The molecule has 368 valence electrons. The van der Waals surface area contributed by atoms with Crippen LogP contribution in [-0.2, 0) is 0 Å². The Morgan fingerprint density at radius 1 is 0.279 bits per heavy atom. The van der Waals surface area contributed by atoms with Crippen molar-refractivity contribution in [2.45, 2.75) is 245 Å². The number of imide groups is 2. The molecule has 0 spiro atoms. The predicted octanol–water partition coefficient (Wildman–Crippen LogP) is 18.2. The molecule has 0 fully saturated rings. The second-order valence-electron chi connectivity index (χ2n) is 21.1. The Morgan fingerprint density at radius 2 is 0.485 bits per heavy atom. The van der Waals surface area contributed by atoms with E-state index in [1.54, 1.807) is 9.80 Å². The second-order valence-corrected chi connectivity index (χ2v) is 21.1. The second kappa shape index (κ2) is 26.0. The highest BCUT2D eigenvalue weighted by Crippen LogP contribution is 2.47. The molecule has 0 saturated heterocycles. The van der Waals surface area contributed by atoms with Crippen LogP contribution >= 0.6 is 0 Å². The summed E-state index contributed by atoms with van der Waals surface area (Å²) >= 11 is 0. The Bertz CT molecular complexity index is 2120. The van der Waals surface area contributed by atoms with E-state index in [1.807, 2.05) is 24.3 Å². The molecule has 5 aromatic rings. The molecule has 2 heterocycles. The van der Waals surface area contributed by atoms with Gasteiger partial charge in [-0.1, -0.05) is 232 Å². The van der Waals surface area contributed by atoms with Crippen molar-refractivity contribution in [3.05, 3.63) is 70.8 Å². The number of carbonyl (C=O) groups excluding carboxylic acids is 4. The van der Waals surface area contributed by atoms with E-state index in [-0.39, 0.29) is 35.7 Å². The largest absolute Gasteiger partial charge is 0.271 e. The van der Waals surface area contributed by atoms with Gasteiger partial charge in [-0.15, -0.1) is 0 Å². The van der Waals surface area contributed by atoms with Crippen LogP contribution in [0.2, 0.25) is 0 Å². The Hall–Kier alpha value is -4.32. The van der Waals surface area contributed by atoms with Gasteiger partial charge in [0.1, 0.15) is 0 Å². The van der Waals surface area contributed by atoms with Crippen LogP contribution in [0, 0.1) is 0 Å². The first kappa shape index (κ1) is 51.5. The van der Waals surface area contributed by atoms with Crippen LogP contribution in [0.3, 0.4) is 0 Å². The molecule has 4 amide bonds. The van der Waals surface area contributed by atoms with Crippen LogP contribution in [0.5, 0.6) is 0 Å². The van der Waals surface area contributed by atoms with Gasteiger partial charge in [-0.25, -0.2) is 0 Å². The van der Waals surface area contributed by atoms with E-state index in [4.69, 9.17) is 0 Å². The summed E-state index contributed by atoms with van der Waals surface area (Å²) in [5, 5.41) is 7.14. The van der Waals surface area contributed by atoms with E-state index < -0.39 is 0 Å². The summed E-state index contributed by atoms with van der Waals surface area (Å²) in [6, 6.07) is 15.8. The number of fused-ring (bicyclic) bond motifs is 2. The standard InChI is InChI=1S/C62H86N2O4/c1-5-9-13-17-21-25-29-33-45(34-30-26-22-18-14-10-6-2)63-59(65)51-41-37-47-49-39-43-53-58-54(44-40-50(56(49)58)48-38-42-52(60(63)66)57(51)55(47)48)62(68)64(61(53)67)46(35-31-27-23-19-15-11-7-3)36-32-28-24-20-16-12-8-4/h37-46H,5-36H2,1-4H3. The maximum Gasteiger partial charge on any atom is 0.261 e. The summed E-state index contributed by atoms with van der Waals surface area (Å²) in [6.45, 7) is 9.00. The molecular formula is C62H86N2O4. The first-order chi connectivity index (χ1) is 33.4. The fraction of sp³-hybridized carbons (Fsp3) is 0.613. The Balaban J connectivity index is 1.17. The van der Waals surface area contributed by atoms with Crippen molar-refractivity contribution in [2.24, 2.45) is 0 Å². The van der Waals surface area contributed by atoms with Crippen LogP contribution in [-0.4, -0.2) is 45.5 Å². The lowest BCUT2D eigenvalue weighted by molar-refractivity contribution is 0.0501.